The number of carbonyl (C=O) groups is 2. The molecule has 0 bridgehead atoms. The summed E-state index contributed by atoms with van der Waals surface area (Å²) < 4.78 is 0. The summed E-state index contributed by atoms with van der Waals surface area (Å²) in [4.78, 5) is 28.6. The van der Waals surface area contributed by atoms with Crippen LogP contribution in [0.4, 0.5) is 0 Å². The average molecular weight is 333 g/mol. The Hall–Kier alpha value is -3.21. The summed E-state index contributed by atoms with van der Waals surface area (Å²) in [6.45, 7) is 1.96. The van der Waals surface area contributed by atoms with Crippen molar-refractivity contribution >= 4 is 22.7 Å². The van der Waals surface area contributed by atoms with Gasteiger partial charge in [-0.15, -0.1) is 0 Å². The van der Waals surface area contributed by atoms with Gasteiger partial charge < -0.3 is 11.1 Å². The number of primary amides is 1. The summed E-state index contributed by atoms with van der Waals surface area (Å²) in [5.41, 5.74) is 8.48. The first-order valence-electron chi connectivity index (χ1n) is 8.05. The number of aryl methyl sites for hydroxylation is 1. The molecule has 25 heavy (non-hydrogen) atoms. The van der Waals surface area contributed by atoms with E-state index in [1.807, 2.05) is 61.5 Å². The van der Waals surface area contributed by atoms with Crippen LogP contribution < -0.4 is 11.1 Å². The molecule has 126 valence electrons. The number of nitrogens with one attached hydrogen (secondary N) is 1. The molecule has 1 heterocycles. The minimum absolute atomic E-state index is 0.259. The molecule has 5 nitrogen and oxygen atoms in total. The number of amides is 2. The van der Waals surface area contributed by atoms with Crippen LogP contribution in [0.1, 0.15) is 21.6 Å². The standard InChI is InChI=1S/C20H19N3O2/c1-13-6-2-3-8-15(13)12-18(19(21)24)23-20(25)17-11-10-14-7-4-5-9-16(14)22-17/h2-11,18H,12H2,1H3,(H2,21,24)(H,23,25)/t18-/m0/s1. The number of fused-ring (bicyclic) bond motifs is 1. The monoisotopic (exact) mass is 333 g/mol. The zero-order valence-electron chi connectivity index (χ0n) is 13.9. The Morgan fingerprint density at radius 3 is 2.52 bits per heavy atom. The molecule has 3 N–H and O–H groups in total. The number of hydrogen-bond acceptors (Lipinski definition) is 3. The molecule has 0 aliphatic rings. The van der Waals surface area contributed by atoms with E-state index in [1.165, 1.54) is 0 Å². The van der Waals surface area contributed by atoms with Crippen LogP contribution in [0.5, 0.6) is 0 Å². The first-order valence-corrected chi connectivity index (χ1v) is 8.05. The Kier molecular flexibility index (Phi) is 4.75. The van der Waals surface area contributed by atoms with Crippen LogP contribution in [-0.4, -0.2) is 22.8 Å². The molecule has 0 saturated heterocycles. The first kappa shape index (κ1) is 16.6. The lowest BCUT2D eigenvalue weighted by atomic mass is 10.0. The van der Waals surface area contributed by atoms with E-state index in [2.05, 4.69) is 10.3 Å². The molecular formula is C20H19N3O2. The SMILES string of the molecule is Cc1ccccc1C[C@H](NC(=O)c1ccc2ccccc2n1)C(N)=O. The number of para-hydroxylation sites is 1. The van der Waals surface area contributed by atoms with Crippen LogP contribution in [0, 0.1) is 6.92 Å². The van der Waals surface area contributed by atoms with Gasteiger partial charge in [-0.1, -0.05) is 48.5 Å². The molecule has 5 heteroatoms. The van der Waals surface area contributed by atoms with Gasteiger partial charge in [0.1, 0.15) is 11.7 Å². The van der Waals surface area contributed by atoms with E-state index in [0.29, 0.717) is 6.42 Å². The van der Waals surface area contributed by atoms with Crippen molar-refractivity contribution in [1.82, 2.24) is 10.3 Å². The van der Waals surface area contributed by atoms with Gasteiger partial charge in [0.2, 0.25) is 5.91 Å². The Labute approximate surface area is 145 Å². The summed E-state index contributed by atoms with van der Waals surface area (Å²) in [5, 5.41) is 3.65. The van der Waals surface area contributed by atoms with E-state index in [1.54, 1.807) is 6.07 Å². The van der Waals surface area contributed by atoms with Gasteiger partial charge >= 0.3 is 0 Å². The fourth-order valence-electron chi connectivity index (χ4n) is 2.71. The number of nitrogens with two attached hydrogens (primary N) is 1. The topological polar surface area (TPSA) is 85.1 Å². The van der Waals surface area contributed by atoms with Gasteiger partial charge in [-0.3, -0.25) is 9.59 Å². The third kappa shape index (κ3) is 3.83. The maximum absolute atomic E-state index is 12.5. The normalized spacial score (nSPS) is 11.9. The quantitative estimate of drug-likeness (QED) is 0.752. The minimum Gasteiger partial charge on any atom is -0.368 e. The van der Waals surface area contributed by atoms with Crippen LogP contribution in [0.2, 0.25) is 0 Å². The van der Waals surface area contributed by atoms with Gasteiger partial charge in [-0.2, -0.15) is 0 Å². The Balaban J connectivity index is 1.80. The number of pyridine rings is 1. The minimum atomic E-state index is -0.790. The maximum Gasteiger partial charge on any atom is 0.270 e. The molecule has 0 fully saturated rings. The average Bonchev–Trinajstić information content (AvgIpc) is 2.62. The molecule has 3 aromatic rings. The lowest BCUT2D eigenvalue weighted by Crippen LogP contribution is -2.46. The maximum atomic E-state index is 12.5. The van der Waals surface area contributed by atoms with Crippen molar-refractivity contribution in [2.45, 2.75) is 19.4 Å². The largest absolute Gasteiger partial charge is 0.368 e. The number of nitrogens with zero attached hydrogens (tertiary/aromatic N) is 1. The van der Waals surface area contributed by atoms with Crippen molar-refractivity contribution in [3.05, 3.63) is 77.5 Å². The Morgan fingerprint density at radius 2 is 1.76 bits per heavy atom. The molecule has 0 saturated carbocycles. The second-order valence-electron chi connectivity index (χ2n) is 5.95. The molecule has 0 unspecified atom stereocenters. The Morgan fingerprint density at radius 1 is 1.04 bits per heavy atom. The summed E-state index contributed by atoms with van der Waals surface area (Å²) in [5.74, 6) is -0.986. The lowest BCUT2D eigenvalue weighted by molar-refractivity contribution is -0.119. The van der Waals surface area contributed by atoms with Crippen LogP contribution >= 0.6 is 0 Å². The van der Waals surface area contributed by atoms with Crippen LogP contribution in [-0.2, 0) is 11.2 Å². The highest BCUT2D eigenvalue weighted by molar-refractivity contribution is 5.97. The molecule has 0 aliphatic carbocycles. The second kappa shape index (κ2) is 7.13. The van der Waals surface area contributed by atoms with E-state index < -0.39 is 17.9 Å². The Bertz CT molecular complexity index is 937. The van der Waals surface area contributed by atoms with Gasteiger partial charge in [-0.25, -0.2) is 4.98 Å². The second-order valence-corrected chi connectivity index (χ2v) is 5.95. The summed E-state index contributed by atoms with van der Waals surface area (Å²) in [6.07, 6.45) is 0.349. The highest BCUT2D eigenvalue weighted by atomic mass is 16.2. The molecule has 3 rings (SSSR count). The molecule has 2 aromatic carbocycles. The predicted molar refractivity (Wildman–Crippen MR) is 97.1 cm³/mol. The van der Waals surface area contributed by atoms with E-state index in [9.17, 15) is 9.59 Å². The molecular weight excluding hydrogens is 314 g/mol. The van der Waals surface area contributed by atoms with Crippen molar-refractivity contribution < 1.29 is 9.59 Å². The van der Waals surface area contributed by atoms with E-state index in [0.717, 1.165) is 22.0 Å². The third-order valence-electron chi connectivity index (χ3n) is 4.17. The van der Waals surface area contributed by atoms with Gasteiger partial charge in [0.15, 0.2) is 0 Å². The molecule has 0 spiro atoms. The summed E-state index contributed by atoms with van der Waals surface area (Å²) in [6, 6.07) is 17.9. The van der Waals surface area contributed by atoms with E-state index in [-0.39, 0.29) is 5.69 Å². The number of hydrogen-bond donors (Lipinski definition) is 2. The van der Waals surface area contributed by atoms with E-state index in [4.69, 9.17) is 5.73 Å². The molecule has 1 aromatic heterocycles. The fraction of sp³-hybridized carbons (Fsp3) is 0.150. The van der Waals surface area contributed by atoms with E-state index >= 15 is 0 Å². The van der Waals surface area contributed by atoms with Crippen molar-refractivity contribution in [1.29, 1.82) is 0 Å². The van der Waals surface area contributed by atoms with Crippen LogP contribution in [0.25, 0.3) is 10.9 Å². The van der Waals surface area contributed by atoms with Crippen molar-refractivity contribution in [3.63, 3.8) is 0 Å². The smallest absolute Gasteiger partial charge is 0.270 e. The summed E-state index contributed by atoms with van der Waals surface area (Å²) in [7, 11) is 0. The molecule has 2 amide bonds. The number of aromatic nitrogens is 1. The zero-order valence-corrected chi connectivity index (χ0v) is 13.9. The zero-order chi connectivity index (χ0) is 17.8. The molecule has 0 radical (unpaired) electrons. The van der Waals surface area contributed by atoms with Gasteiger partial charge in [-0.05, 0) is 30.2 Å². The number of benzene rings is 2. The third-order valence-corrected chi connectivity index (χ3v) is 4.17. The fourth-order valence-corrected chi connectivity index (χ4v) is 2.71. The van der Waals surface area contributed by atoms with Gasteiger partial charge in [0, 0.05) is 11.8 Å². The highest BCUT2D eigenvalue weighted by Crippen LogP contribution is 2.13. The van der Waals surface area contributed by atoms with Crippen molar-refractivity contribution in [3.8, 4) is 0 Å². The van der Waals surface area contributed by atoms with Gasteiger partial charge in [0.05, 0.1) is 5.52 Å². The number of carbonyl (C=O) groups excluding carboxylic acids is 2. The lowest BCUT2D eigenvalue weighted by Gasteiger charge is -2.16. The van der Waals surface area contributed by atoms with Crippen molar-refractivity contribution in [2.75, 3.05) is 0 Å². The predicted octanol–water partition coefficient (Wildman–Crippen LogP) is 2.37. The highest BCUT2D eigenvalue weighted by Gasteiger charge is 2.21. The first-order chi connectivity index (χ1) is 12.0. The summed E-state index contributed by atoms with van der Waals surface area (Å²) >= 11 is 0. The number of rotatable bonds is 5. The van der Waals surface area contributed by atoms with Crippen LogP contribution in [0.15, 0.2) is 60.7 Å². The molecule has 1 atom stereocenters. The molecule has 0 aliphatic heterocycles. The van der Waals surface area contributed by atoms with Crippen molar-refractivity contribution in [2.24, 2.45) is 5.73 Å². The van der Waals surface area contributed by atoms with Gasteiger partial charge in [0.25, 0.3) is 5.91 Å². The van der Waals surface area contributed by atoms with Crippen LogP contribution in [0.3, 0.4) is 0 Å².